The van der Waals surface area contributed by atoms with Crippen molar-refractivity contribution < 1.29 is 73.8 Å². The minimum Gasteiger partial charge on any atom is -0.508 e. The number of aromatic hydroxyl groups is 1. The first-order valence-electron chi connectivity index (χ1n) is 22.3. The minimum atomic E-state index is -1.81. The highest BCUT2D eigenvalue weighted by Crippen LogP contribution is 2.13. The van der Waals surface area contributed by atoms with E-state index in [-0.39, 0.29) is 31.6 Å². The van der Waals surface area contributed by atoms with E-state index in [1.54, 1.807) is 30.3 Å². The van der Waals surface area contributed by atoms with Crippen molar-refractivity contribution in [2.75, 3.05) is 39.5 Å². The number of carbonyl (C=O) groups excluding carboxylic acids is 8. The molecule has 25 heteroatoms. The Bertz CT molecular complexity index is 2040. The third kappa shape index (κ3) is 18.7. The second-order valence-corrected chi connectivity index (χ2v) is 16.2. The van der Waals surface area contributed by atoms with Gasteiger partial charge in [-0.1, -0.05) is 42.5 Å². The second-order valence-electron chi connectivity index (χ2n) is 16.2. The average molecular weight is 973 g/mol. The van der Waals surface area contributed by atoms with Crippen LogP contribution in [-0.4, -0.2) is 178 Å². The van der Waals surface area contributed by atoms with E-state index in [0.29, 0.717) is 36.9 Å². The van der Waals surface area contributed by atoms with E-state index >= 15 is 0 Å². The van der Waals surface area contributed by atoms with Crippen LogP contribution < -0.4 is 53.6 Å². The van der Waals surface area contributed by atoms with Crippen LogP contribution in [0.25, 0.3) is 0 Å². The van der Waals surface area contributed by atoms with Crippen molar-refractivity contribution in [2.45, 2.75) is 106 Å². The van der Waals surface area contributed by atoms with Crippen molar-refractivity contribution in [2.24, 2.45) is 5.73 Å². The average Bonchev–Trinajstić information content (AvgIpc) is 3.89. The summed E-state index contributed by atoms with van der Waals surface area (Å²) >= 11 is 0. The normalized spacial score (nSPS) is 16.6. The Balaban J connectivity index is 1.68. The molecule has 1 saturated heterocycles. The van der Waals surface area contributed by atoms with Crippen LogP contribution in [0.2, 0.25) is 0 Å². The van der Waals surface area contributed by atoms with Gasteiger partial charge in [-0.3, -0.25) is 38.4 Å². The molecular formula is C44H64N10O15. The van der Waals surface area contributed by atoms with Crippen LogP contribution in [0.15, 0.2) is 54.6 Å². The lowest BCUT2D eigenvalue weighted by Gasteiger charge is -2.26. The van der Waals surface area contributed by atoms with Gasteiger partial charge in [0.05, 0.1) is 32.5 Å². The van der Waals surface area contributed by atoms with Crippen LogP contribution >= 0.6 is 0 Å². The predicted octanol–water partition coefficient (Wildman–Crippen LogP) is -5.99. The number of aliphatic hydroxyl groups is 4. The third-order valence-corrected chi connectivity index (χ3v) is 10.9. The van der Waals surface area contributed by atoms with Crippen LogP contribution in [0.5, 0.6) is 5.75 Å². The molecule has 0 unspecified atom stereocenters. The Morgan fingerprint density at radius 3 is 1.43 bits per heavy atom. The van der Waals surface area contributed by atoms with Gasteiger partial charge in [0.2, 0.25) is 47.3 Å². The van der Waals surface area contributed by atoms with E-state index in [2.05, 4.69) is 47.9 Å². The van der Waals surface area contributed by atoms with Gasteiger partial charge in [0.1, 0.15) is 54.1 Å². The maximum Gasteiger partial charge on any atom is 0.326 e. The van der Waals surface area contributed by atoms with Gasteiger partial charge in [0.15, 0.2) is 0 Å². The highest BCUT2D eigenvalue weighted by molar-refractivity contribution is 5.98. The standard InChI is InChI=1S/C44H64N10O15/c1-24(47-40(64)32(20-55)52-38(62)30(18-25-8-3-2-4-9-25)49-37(61)28-11-7-17-46-28)36(60)51-33(21-56)42(66)50-31(19-26-12-14-27(59)15-13-26)39(63)53-35(23-58)43(67)54-34(22-57)41(65)48-29(44(68)69)10-5-6-16-45/h2-4,8-9,12-15,24,28-35,46,55-59H,5-7,10-11,16-23,45H2,1H3,(H,47,64)(H,48,65)(H,49,61)(H,50,66)(H,51,60)(H,52,62)(H,53,63)(H,54,67)(H,68,69)/t24-,28-,29-,30-,31-,32-,33-,34-,35-/m0/s1. The first-order chi connectivity index (χ1) is 32.9. The first-order valence-corrected chi connectivity index (χ1v) is 22.3. The molecule has 2 aromatic carbocycles. The number of unbranched alkanes of at least 4 members (excludes halogenated alkanes) is 1. The number of carbonyl (C=O) groups is 9. The number of amides is 8. The molecule has 0 saturated carbocycles. The lowest BCUT2D eigenvalue weighted by Crippen LogP contribution is -2.61. The zero-order chi connectivity index (χ0) is 51.0. The van der Waals surface area contributed by atoms with Gasteiger partial charge in [-0.15, -0.1) is 0 Å². The molecule has 0 radical (unpaired) electrons. The van der Waals surface area contributed by atoms with Gasteiger partial charge in [0.25, 0.3) is 0 Å². The number of nitrogens with two attached hydrogens (primary N) is 1. The summed E-state index contributed by atoms with van der Waals surface area (Å²) in [5.41, 5.74) is 6.49. The van der Waals surface area contributed by atoms with Crippen LogP contribution in [0.3, 0.4) is 0 Å². The molecule has 0 bridgehead atoms. The van der Waals surface area contributed by atoms with E-state index < -0.39 is 134 Å². The molecule has 69 heavy (non-hydrogen) atoms. The highest BCUT2D eigenvalue weighted by atomic mass is 16.4. The Hall–Kier alpha value is -6.77. The Labute approximate surface area is 397 Å². The highest BCUT2D eigenvalue weighted by Gasteiger charge is 2.34. The summed E-state index contributed by atoms with van der Waals surface area (Å²) in [6.07, 6.45) is 1.84. The summed E-state index contributed by atoms with van der Waals surface area (Å²) in [6.45, 7) is -1.95. The molecule has 9 atom stereocenters. The summed E-state index contributed by atoms with van der Waals surface area (Å²) in [7, 11) is 0. The molecule has 1 fully saturated rings. The predicted molar refractivity (Wildman–Crippen MR) is 243 cm³/mol. The molecule has 0 spiro atoms. The fourth-order valence-electron chi connectivity index (χ4n) is 6.88. The molecule has 2 aromatic rings. The van der Waals surface area contributed by atoms with Crippen molar-refractivity contribution in [1.82, 2.24) is 47.9 Å². The minimum absolute atomic E-state index is 0.00461. The van der Waals surface area contributed by atoms with E-state index in [1.165, 1.54) is 31.2 Å². The number of carboxylic acids is 1. The molecule has 1 heterocycles. The topological polar surface area (TPSA) is 409 Å². The SMILES string of the molecule is C[C@H](NC(=O)[C@H](CO)NC(=O)[C@H](Cc1ccccc1)NC(=O)[C@@H]1CCCN1)C(=O)N[C@@H](CO)C(=O)N[C@@H](Cc1ccc(O)cc1)C(=O)N[C@@H](CO)C(=O)N[C@@H](CO)C(=O)N[C@@H](CCCCN)C(=O)O. The van der Waals surface area contributed by atoms with Gasteiger partial charge in [0, 0.05) is 12.8 Å². The number of hydrogen-bond donors (Lipinski definition) is 16. The molecular weight excluding hydrogens is 909 g/mol. The van der Waals surface area contributed by atoms with Crippen LogP contribution in [-0.2, 0) is 56.0 Å². The zero-order valence-corrected chi connectivity index (χ0v) is 38.0. The van der Waals surface area contributed by atoms with Crippen molar-refractivity contribution in [3.63, 3.8) is 0 Å². The lowest BCUT2D eigenvalue weighted by molar-refractivity contribution is -0.143. The van der Waals surface area contributed by atoms with E-state index in [0.717, 1.165) is 6.42 Å². The van der Waals surface area contributed by atoms with Gasteiger partial charge >= 0.3 is 5.97 Å². The van der Waals surface area contributed by atoms with Crippen molar-refractivity contribution >= 4 is 53.2 Å². The number of phenolic OH excluding ortho intramolecular Hbond substituents is 1. The van der Waals surface area contributed by atoms with Gasteiger partial charge in [-0.2, -0.15) is 0 Å². The summed E-state index contributed by atoms with van der Waals surface area (Å²) in [5.74, 6) is -9.35. The molecule has 0 aromatic heterocycles. The summed E-state index contributed by atoms with van der Waals surface area (Å²) in [4.78, 5) is 118. The first kappa shape index (κ1) is 56.6. The molecule has 0 aliphatic carbocycles. The quantitative estimate of drug-likeness (QED) is 0.0338. The smallest absolute Gasteiger partial charge is 0.326 e. The third-order valence-electron chi connectivity index (χ3n) is 10.9. The molecule has 1 aliphatic rings. The number of aliphatic hydroxyl groups excluding tert-OH is 4. The maximum absolute atomic E-state index is 13.7. The number of carboxylic acid groups (broad SMARTS) is 1. The number of rotatable bonds is 29. The monoisotopic (exact) mass is 972 g/mol. The summed E-state index contributed by atoms with van der Waals surface area (Å²) in [5, 5.41) is 81.0. The number of hydrogen-bond acceptors (Lipinski definition) is 16. The fourth-order valence-corrected chi connectivity index (χ4v) is 6.88. The fraction of sp³-hybridized carbons (Fsp3) is 0.523. The molecule has 8 amide bonds. The van der Waals surface area contributed by atoms with E-state index in [4.69, 9.17) is 5.73 Å². The molecule has 1 aliphatic heterocycles. The Morgan fingerprint density at radius 2 is 0.986 bits per heavy atom. The van der Waals surface area contributed by atoms with Gasteiger partial charge in [-0.25, -0.2) is 4.79 Å². The molecule has 25 nitrogen and oxygen atoms in total. The van der Waals surface area contributed by atoms with E-state index in [9.17, 15) is 73.8 Å². The van der Waals surface area contributed by atoms with Crippen molar-refractivity contribution in [3.8, 4) is 5.75 Å². The number of phenols is 1. The van der Waals surface area contributed by atoms with E-state index in [1.807, 2.05) is 0 Å². The second kappa shape index (κ2) is 29.2. The maximum atomic E-state index is 13.7. The van der Waals surface area contributed by atoms with Gasteiger partial charge < -0.3 is 84.2 Å². The van der Waals surface area contributed by atoms with Crippen LogP contribution in [0, 0.1) is 0 Å². The lowest BCUT2D eigenvalue weighted by atomic mass is 10.0. The number of aliphatic carboxylic acids is 1. The zero-order valence-electron chi connectivity index (χ0n) is 38.0. The Morgan fingerprint density at radius 1 is 0.565 bits per heavy atom. The Kier molecular flexibility index (Phi) is 23.9. The summed E-state index contributed by atoms with van der Waals surface area (Å²) < 4.78 is 0. The van der Waals surface area contributed by atoms with Crippen LogP contribution in [0.4, 0.5) is 0 Å². The summed E-state index contributed by atoms with van der Waals surface area (Å²) in [6, 6.07) is 1.02. The number of benzene rings is 2. The van der Waals surface area contributed by atoms with Gasteiger partial charge in [-0.05, 0) is 75.4 Å². The molecule has 17 N–H and O–H groups in total. The number of nitrogens with one attached hydrogen (secondary N) is 9. The van der Waals surface area contributed by atoms with Crippen molar-refractivity contribution in [3.05, 3.63) is 65.7 Å². The molecule has 380 valence electrons. The molecule has 3 rings (SSSR count). The largest absolute Gasteiger partial charge is 0.508 e. The van der Waals surface area contributed by atoms with Crippen molar-refractivity contribution in [1.29, 1.82) is 0 Å². The van der Waals surface area contributed by atoms with Crippen LogP contribution in [0.1, 0.15) is 50.2 Å².